The molecule has 0 aromatic rings. The summed E-state index contributed by atoms with van der Waals surface area (Å²) in [6, 6.07) is 0. The Morgan fingerprint density at radius 1 is 1.13 bits per heavy atom. The molecule has 0 unspecified atom stereocenters. The lowest BCUT2D eigenvalue weighted by atomic mass is 10.0. The quantitative estimate of drug-likeness (QED) is 0.159. The van der Waals surface area contributed by atoms with Crippen LogP contribution in [0.5, 0.6) is 0 Å². The van der Waals surface area contributed by atoms with E-state index < -0.39 is 0 Å². The van der Waals surface area contributed by atoms with Crippen LogP contribution in [0.1, 0.15) is 26.2 Å². The maximum absolute atomic E-state index is 12.0. The number of ether oxygens (including phenoxy) is 3. The highest BCUT2D eigenvalue weighted by Crippen LogP contribution is 2.14. The first-order chi connectivity index (χ1) is 14.7. The summed E-state index contributed by atoms with van der Waals surface area (Å²) in [7, 11) is 1.63. The van der Waals surface area contributed by atoms with Gasteiger partial charge in [-0.25, -0.2) is 0 Å². The van der Waals surface area contributed by atoms with E-state index in [0.717, 1.165) is 90.9 Å². The van der Waals surface area contributed by atoms with Crippen LogP contribution in [0, 0.1) is 5.92 Å². The zero-order valence-corrected chi connectivity index (χ0v) is 21.6. The first-order valence-electron chi connectivity index (χ1n) is 11.4. The molecule has 9 nitrogen and oxygen atoms in total. The van der Waals surface area contributed by atoms with E-state index in [1.807, 2.05) is 0 Å². The van der Waals surface area contributed by atoms with E-state index >= 15 is 0 Å². The third kappa shape index (κ3) is 12.2. The summed E-state index contributed by atoms with van der Waals surface area (Å²) in [6.45, 7) is 12.0. The molecule has 0 spiro atoms. The molecule has 0 aromatic heterocycles. The summed E-state index contributed by atoms with van der Waals surface area (Å²) in [5, 5.41) is 6.27. The monoisotopic (exact) mass is 555 g/mol. The van der Waals surface area contributed by atoms with Crippen LogP contribution in [0.2, 0.25) is 0 Å². The Hall–Kier alpha value is -0.690. The standard InChI is InChI=1S/C21H41N5O4.HI/c1-3-22-21(24-7-4-13-30-18-19-5-14-29-15-6-19)26-11-9-25(10-12-26)17-20(27)23-8-16-28-2;/h19H,3-18H2,1-2H3,(H,22,24)(H,23,27);1H. The van der Waals surface area contributed by atoms with Gasteiger partial charge in [0.15, 0.2) is 5.96 Å². The van der Waals surface area contributed by atoms with Gasteiger partial charge in [0.05, 0.1) is 13.2 Å². The number of halogens is 1. The third-order valence-corrected chi connectivity index (χ3v) is 5.41. The van der Waals surface area contributed by atoms with Crippen LogP contribution in [-0.2, 0) is 19.0 Å². The van der Waals surface area contributed by atoms with Crippen molar-refractivity contribution in [3.05, 3.63) is 0 Å². The largest absolute Gasteiger partial charge is 0.383 e. The number of guanidine groups is 1. The van der Waals surface area contributed by atoms with E-state index in [2.05, 4.69) is 27.4 Å². The Labute approximate surface area is 204 Å². The number of hydrogen-bond donors (Lipinski definition) is 2. The molecular formula is C21H42IN5O4. The number of methoxy groups -OCH3 is 1. The molecule has 0 saturated carbocycles. The normalized spacial score (nSPS) is 18.5. The molecule has 0 aliphatic carbocycles. The van der Waals surface area contributed by atoms with Gasteiger partial charge < -0.3 is 29.7 Å². The second-order valence-electron chi connectivity index (χ2n) is 7.83. The van der Waals surface area contributed by atoms with E-state index in [-0.39, 0.29) is 29.9 Å². The maximum atomic E-state index is 12.0. The van der Waals surface area contributed by atoms with Crippen molar-refractivity contribution >= 4 is 35.8 Å². The predicted octanol–water partition coefficient (Wildman–Crippen LogP) is 0.783. The van der Waals surface area contributed by atoms with Gasteiger partial charge in [0.2, 0.25) is 5.91 Å². The van der Waals surface area contributed by atoms with Gasteiger partial charge in [-0.2, -0.15) is 0 Å². The number of nitrogens with one attached hydrogen (secondary N) is 2. The van der Waals surface area contributed by atoms with Gasteiger partial charge in [-0.3, -0.25) is 14.7 Å². The molecule has 0 atom stereocenters. The molecule has 1 amide bonds. The number of nitrogens with zero attached hydrogens (tertiary/aromatic N) is 3. The fourth-order valence-electron chi connectivity index (χ4n) is 3.61. The minimum atomic E-state index is 0. The van der Waals surface area contributed by atoms with Gasteiger partial charge in [-0.15, -0.1) is 24.0 Å². The summed E-state index contributed by atoms with van der Waals surface area (Å²) < 4.78 is 16.2. The van der Waals surface area contributed by atoms with Gasteiger partial charge in [0.1, 0.15) is 0 Å². The molecule has 2 saturated heterocycles. The average molecular weight is 556 g/mol. The minimum Gasteiger partial charge on any atom is -0.383 e. The Bertz CT molecular complexity index is 498. The predicted molar refractivity (Wildman–Crippen MR) is 133 cm³/mol. The molecule has 10 heteroatoms. The number of rotatable bonds is 12. The van der Waals surface area contributed by atoms with Gasteiger partial charge in [0, 0.05) is 79.4 Å². The summed E-state index contributed by atoms with van der Waals surface area (Å²) >= 11 is 0. The number of aliphatic imine (C=N–C) groups is 1. The van der Waals surface area contributed by atoms with Crippen LogP contribution in [0.3, 0.4) is 0 Å². The van der Waals surface area contributed by atoms with Crippen LogP contribution >= 0.6 is 24.0 Å². The average Bonchev–Trinajstić information content (AvgIpc) is 2.77. The highest BCUT2D eigenvalue weighted by molar-refractivity contribution is 14.0. The Balaban J connectivity index is 0.00000480. The van der Waals surface area contributed by atoms with E-state index in [1.54, 1.807) is 7.11 Å². The second kappa shape index (κ2) is 17.8. The molecule has 182 valence electrons. The summed E-state index contributed by atoms with van der Waals surface area (Å²) in [5.41, 5.74) is 0. The van der Waals surface area contributed by atoms with Gasteiger partial charge in [-0.1, -0.05) is 0 Å². The molecular weight excluding hydrogens is 513 g/mol. The lowest BCUT2D eigenvalue weighted by Gasteiger charge is -2.36. The Morgan fingerprint density at radius 2 is 1.87 bits per heavy atom. The zero-order valence-electron chi connectivity index (χ0n) is 19.3. The van der Waals surface area contributed by atoms with Gasteiger partial charge in [-0.05, 0) is 32.1 Å². The molecule has 2 heterocycles. The SMILES string of the molecule is CCNC(=NCCCOCC1CCOCC1)N1CCN(CC(=O)NCCOC)CC1.I. The van der Waals surface area contributed by atoms with Gasteiger partial charge in [0.25, 0.3) is 0 Å². The lowest BCUT2D eigenvalue weighted by Crippen LogP contribution is -2.54. The maximum Gasteiger partial charge on any atom is 0.234 e. The van der Waals surface area contributed by atoms with Crippen LogP contribution in [-0.4, -0.2) is 114 Å². The Morgan fingerprint density at radius 3 is 2.55 bits per heavy atom. The second-order valence-corrected chi connectivity index (χ2v) is 7.83. The van der Waals surface area contributed by atoms with Crippen LogP contribution in [0.15, 0.2) is 4.99 Å². The number of hydrogen-bond acceptors (Lipinski definition) is 6. The van der Waals surface area contributed by atoms with Crippen molar-refractivity contribution in [3.63, 3.8) is 0 Å². The van der Waals surface area contributed by atoms with Crippen molar-refractivity contribution in [2.24, 2.45) is 10.9 Å². The topological polar surface area (TPSA) is 87.7 Å². The molecule has 2 rings (SSSR count). The first kappa shape index (κ1) is 28.3. The summed E-state index contributed by atoms with van der Waals surface area (Å²) in [6.07, 6.45) is 3.16. The molecule has 0 radical (unpaired) electrons. The third-order valence-electron chi connectivity index (χ3n) is 5.41. The van der Waals surface area contributed by atoms with Crippen molar-refractivity contribution in [1.29, 1.82) is 0 Å². The van der Waals surface area contributed by atoms with Crippen molar-refractivity contribution in [2.45, 2.75) is 26.2 Å². The van der Waals surface area contributed by atoms with Crippen molar-refractivity contribution < 1.29 is 19.0 Å². The molecule has 0 aromatic carbocycles. The fourth-order valence-corrected chi connectivity index (χ4v) is 3.61. The van der Waals surface area contributed by atoms with Crippen molar-refractivity contribution in [1.82, 2.24) is 20.4 Å². The highest BCUT2D eigenvalue weighted by atomic mass is 127. The number of piperazine rings is 1. The molecule has 2 aliphatic rings. The summed E-state index contributed by atoms with van der Waals surface area (Å²) in [5.74, 6) is 1.67. The van der Waals surface area contributed by atoms with Crippen LogP contribution in [0.25, 0.3) is 0 Å². The summed E-state index contributed by atoms with van der Waals surface area (Å²) in [4.78, 5) is 21.2. The van der Waals surface area contributed by atoms with Crippen molar-refractivity contribution in [2.75, 3.05) is 92.5 Å². The van der Waals surface area contributed by atoms with Crippen LogP contribution in [0.4, 0.5) is 0 Å². The van der Waals surface area contributed by atoms with E-state index in [1.165, 1.54) is 0 Å². The molecule has 2 N–H and O–H groups in total. The van der Waals surface area contributed by atoms with E-state index in [4.69, 9.17) is 19.2 Å². The molecule has 2 aliphatic heterocycles. The number of amides is 1. The van der Waals surface area contributed by atoms with E-state index in [0.29, 0.717) is 25.6 Å². The highest BCUT2D eigenvalue weighted by Gasteiger charge is 2.21. The van der Waals surface area contributed by atoms with Crippen LogP contribution < -0.4 is 10.6 Å². The van der Waals surface area contributed by atoms with Gasteiger partial charge >= 0.3 is 0 Å². The van der Waals surface area contributed by atoms with E-state index in [9.17, 15) is 4.79 Å². The molecule has 2 fully saturated rings. The fraction of sp³-hybridized carbons (Fsp3) is 0.905. The Kier molecular flexibility index (Phi) is 16.3. The first-order valence-corrected chi connectivity index (χ1v) is 11.4. The molecule has 0 bridgehead atoms. The smallest absolute Gasteiger partial charge is 0.234 e. The minimum absolute atomic E-state index is 0. The van der Waals surface area contributed by atoms with Crippen molar-refractivity contribution in [3.8, 4) is 0 Å². The lowest BCUT2D eigenvalue weighted by molar-refractivity contribution is -0.122. The molecule has 31 heavy (non-hydrogen) atoms. The zero-order chi connectivity index (χ0) is 21.4. The number of carbonyl (C=O) groups excluding carboxylic acids is 1. The number of carbonyl (C=O) groups is 1.